The molecule has 0 aromatic heterocycles. The maximum Gasteiger partial charge on any atom is 0.407 e. The van der Waals surface area contributed by atoms with Crippen LogP contribution in [0.1, 0.15) is 26.3 Å². The fourth-order valence-corrected chi connectivity index (χ4v) is 1.84. The molecule has 0 spiro atoms. The van der Waals surface area contributed by atoms with Crippen LogP contribution in [-0.2, 0) is 14.3 Å². The predicted octanol–water partition coefficient (Wildman–Crippen LogP) is 0.829. The molecule has 4 N–H and O–H groups in total. The summed E-state index contributed by atoms with van der Waals surface area (Å²) in [5, 5.41) is 12.1. The van der Waals surface area contributed by atoms with Crippen LogP contribution < -0.4 is 15.8 Å². The van der Waals surface area contributed by atoms with E-state index in [1.807, 2.05) is 0 Å². The highest BCUT2D eigenvalue weighted by Crippen LogP contribution is 2.12. The molecular formula is C18H27N3O6. The molecule has 150 valence electrons. The van der Waals surface area contributed by atoms with E-state index in [2.05, 4.69) is 15.0 Å². The van der Waals surface area contributed by atoms with Crippen LogP contribution in [0.3, 0.4) is 0 Å². The van der Waals surface area contributed by atoms with E-state index in [-0.39, 0.29) is 6.61 Å². The standard InChI is InChI=1S/C18H27N3O6/c1-18(2,3)27-17(24)21-10-9-20-15(19)12-5-7-13(8-6-12)26-11-14(22)16(23)25-4/h5-8,14,22H,9-11H2,1-4H3,(H2,19,20)(H,21,24). The van der Waals surface area contributed by atoms with Gasteiger partial charge in [-0.15, -0.1) is 0 Å². The summed E-state index contributed by atoms with van der Waals surface area (Å²) in [6, 6.07) is 6.67. The van der Waals surface area contributed by atoms with Gasteiger partial charge in [-0.3, -0.25) is 4.99 Å². The minimum absolute atomic E-state index is 0.216. The van der Waals surface area contributed by atoms with Crippen molar-refractivity contribution >= 4 is 17.9 Å². The lowest BCUT2D eigenvalue weighted by Gasteiger charge is -2.19. The topological polar surface area (TPSA) is 132 Å². The van der Waals surface area contributed by atoms with Crippen LogP contribution in [0.5, 0.6) is 5.75 Å². The molecule has 0 heterocycles. The van der Waals surface area contributed by atoms with Gasteiger partial charge in [0.1, 0.15) is 23.8 Å². The Balaban J connectivity index is 2.44. The van der Waals surface area contributed by atoms with Gasteiger partial charge < -0.3 is 30.4 Å². The molecule has 1 atom stereocenters. The predicted molar refractivity (Wildman–Crippen MR) is 99.8 cm³/mol. The number of aliphatic hydroxyl groups is 1. The van der Waals surface area contributed by atoms with Crippen molar-refractivity contribution in [1.82, 2.24) is 5.32 Å². The molecule has 0 aliphatic rings. The number of aliphatic imine (C=N–C) groups is 1. The zero-order valence-corrected chi connectivity index (χ0v) is 16.0. The summed E-state index contributed by atoms with van der Waals surface area (Å²) in [6.07, 6.45) is -1.86. The highest BCUT2D eigenvalue weighted by atomic mass is 16.6. The summed E-state index contributed by atoms with van der Waals surface area (Å²) in [5.41, 5.74) is 6.03. The SMILES string of the molecule is COC(=O)C(O)COc1ccc(C(N)=NCCNC(=O)OC(C)(C)C)cc1. The largest absolute Gasteiger partial charge is 0.490 e. The fourth-order valence-electron chi connectivity index (χ4n) is 1.84. The summed E-state index contributed by atoms with van der Waals surface area (Å²) >= 11 is 0. The number of carbonyl (C=O) groups excluding carboxylic acids is 2. The van der Waals surface area contributed by atoms with Crippen LogP contribution in [0.2, 0.25) is 0 Å². The summed E-state index contributed by atoms with van der Waals surface area (Å²) in [4.78, 5) is 26.8. The first-order valence-electron chi connectivity index (χ1n) is 8.38. The average molecular weight is 381 g/mol. The van der Waals surface area contributed by atoms with Gasteiger partial charge in [-0.2, -0.15) is 0 Å². The third-order valence-corrected chi connectivity index (χ3v) is 3.09. The molecule has 1 amide bonds. The Kier molecular flexibility index (Phi) is 8.53. The lowest BCUT2D eigenvalue weighted by molar-refractivity contribution is -0.151. The van der Waals surface area contributed by atoms with Crippen LogP contribution in [0.4, 0.5) is 4.79 Å². The van der Waals surface area contributed by atoms with E-state index >= 15 is 0 Å². The second-order valence-corrected chi connectivity index (χ2v) is 6.57. The van der Waals surface area contributed by atoms with Crippen molar-refractivity contribution in [2.24, 2.45) is 10.7 Å². The molecule has 0 fully saturated rings. The third kappa shape index (κ3) is 8.91. The molecule has 0 saturated heterocycles. The molecule has 1 aromatic rings. The molecule has 27 heavy (non-hydrogen) atoms. The molecule has 0 saturated carbocycles. The average Bonchev–Trinajstić information content (AvgIpc) is 2.61. The molecule has 0 aliphatic carbocycles. The molecule has 0 radical (unpaired) electrons. The first kappa shape index (κ1) is 22.2. The molecule has 9 nitrogen and oxygen atoms in total. The van der Waals surface area contributed by atoms with E-state index in [0.29, 0.717) is 30.2 Å². The number of ether oxygens (including phenoxy) is 3. The number of amidine groups is 1. The number of benzene rings is 1. The zero-order chi connectivity index (χ0) is 20.4. The molecule has 1 aromatic carbocycles. The van der Waals surface area contributed by atoms with Crippen LogP contribution in [0.15, 0.2) is 29.3 Å². The van der Waals surface area contributed by atoms with Crippen LogP contribution in [-0.4, -0.2) is 61.5 Å². The third-order valence-electron chi connectivity index (χ3n) is 3.09. The van der Waals surface area contributed by atoms with Crippen molar-refractivity contribution < 1.29 is 28.9 Å². The van der Waals surface area contributed by atoms with Crippen molar-refractivity contribution in [3.63, 3.8) is 0 Å². The van der Waals surface area contributed by atoms with E-state index in [9.17, 15) is 14.7 Å². The second-order valence-electron chi connectivity index (χ2n) is 6.57. The maximum absolute atomic E-state index is 11.5. The summed E-state index contributed by atoms with van der Waals surface area (Å²) in [6.45, 7) is 5.73. The normalized spacial score (nSPS) is 12.9. The minimum atomic E-state index is -1.35. The number of esters is 1. The Morgan fingerprint density at radius 2 is 1.89 bits per heavy atom. The van der Waals surface area contributed by atoms with Gasteiger partial charge in [-0.1, -0.05) is 0 Å². The molecular weight excluding hydrogens is 354 g/mol. The molecule has 9 heteroatoms. The van der Waals surface area contributed by atoms with Gasteiger partial charge >= 0.3 is 12.1 Å². The van der Waals surface area contributed by atoms with Gasteiger partial charge in [0.2, 0.25) is 0 Å². The smallest absolute Gasteiger partial charge is 0.407 e. The quantitative estimate of drug-likeness (QED) is 0.263. The highest BCUT2D eigenvalue weighted by molar-refractivity contribution is 5.97. The summed E-state index contributed by atoms with van der Waals surface area (Å²) in [5.74, 6) is 0.00576. The van der Waals surface area contributed by atoms with Gasteiger partial charge in [-0.25, -0.2) is 9.59 Å². The van der Waals surface area contributed by atoms with Gasteiger partial charge in [-0.05, 0) is 45.0 Å². The Hall–Kier alpha value is -2.81. The number of alkyl carbamates (subject to hydrolysis) is 1. The number of amides is 1. The fraction of sp³-hybridized carbons (Fsp3) is 0.500. The molecule has 0 aliphatic heterocycles. The first-order chi connectivity index (χ1) is 12.6. The van der Waals surface area contributed by atoms with E-state index in [4.69, 9.17) is 15.2 Å². The number of hydrogen-bond acceptors (Lipinski definition) is 7. The van der Waals surface area contributed by atoms with E-state index in [1.54, 1.807) is 45.0 Å². The highest BCUT2D eigenvalue weighted by Gasteiger charge is 2.16. The Morgan fingerprint density at radius 1 is 1.26 bits per heavy atom. The first-order valence-corrected chi connectivity index (χ1v) is 8.38. The van der Waals surface area contributed by atoms with E-state index in [0.717, 1.165) is 0 Å². The molecule has 0 bridgehead atoms. The number of methoxy groups -OCH3 is 1. The Morgan fingerprint density at radius 3 is 2.44 bits per heavy atom. The summed E-state index contributed by atoms with van der Waals surface area (Å²) in [7, 11) is 1.19. The number of carbonyl (C=O) groups is 2. The minimum Gasteiger partial charge on any atom is -0.490 e. The van der Waals surface area contributed by atoms with Crippen LogP contribution in [0.25, 0.3) is 0 Å². The van der Waals surface area contributed by atoms with Gasteiger partial charge in [0.05, 0.1) is 13.7 Å². The van der Waals surface area contributed by atoms with Gasteiger partial charge in [0.25, 0.3) is 0 Å². The van der Waals surface area contributed by atoms with Crippen molar-refractivity contribution in [1.29, 1.82) is 0 Å². The number of nitrogens with one attached hydrogen (secondary N) is 1. The van der Waals surface area contributed by atoms with Crippen LogP contribution >= 0.6 is 0 Å². The Labute approximate surface area is 158 Å². The van der Waals surface area contributed by atoms with Crippen LogP contribution in [0, 0.1) is 0 Å². The monoisotopic (exact) mass is 381 g/mol. The second kappa shape index (κ2) is 10.4. The zero-order valence-electron chi connectivity index (χ0n) is 16.0. The number of hydrogen-bond donors (Lipinski definition) is 3. The van der Waals surface area contributed by atoms with E-state index in [1.165, 1.54) is 7.11 Å². The molecule has 1 rings (SSSR count). The van der Waals surface area contributed by atoms with Gasteiger partial charge in [0.15, 0.2) is 6.10 Å². The maximum atomic E-state index is 11.5. The lowest BCUT2D eigenvalue weighted by atomic mass is 10.2. The van der Waals surface area contributed by atoms with Crippen molar-refractivity contribution in [2.75, 3.05) is 26.8 Å². The van der Waals surface area contributed by atoms with Gasteiger partial charge in [0, 0.05) is 12.1 Å². The van der Waals surface area contributed by atoms with Crippen molar-refractivity contribution in [3.8, 4) is 5.75 Å². The molecule has 1 unspecified atom stereocenters. The lowest BCUT2D eigenvalue weighted by Crippen LogP contribution is -2.34. The van der Waals surface area contributed by atoms with Crippen molar-refractivity contribution in [2.45, 2.75) is 32.5 Å². The number of nitrogens with zero attached hydrogens (tertiary/aromatic N) is 1. The number of rotatable bonds is 8. The number of aliphatic hydroxyl groups excluding tert-OH is 1. The Bertz CT molecular complexity index is 652. The number of nitrogens with two attached hydrogens (primary N) is 1. The van der Waals surface area contributed by atoms with E-state index < -0.39 is 23.8 Å². The van der Waals surface area contributed by atoms with Crippen molar-refractivity contribution in [3.05, 3.63) is 29.8 Å². The summed E-state index contributed by atoms with van der Waals surface area (Å²) < 4.78 is 14.8.